The van der Waals surface area contributed by atoms with Gasteiger partial charge < -0.3 is 9.72 Å². The molecule has 0 unspecified atom stereocenters. The molecule has 1 aromatic heterocycles. The number of terminal acetylenes is 1. The Bertz CT molecular complexity index is 853. The average Bonchev–Trinajstić information content (AvgIpc) is 3.27. The minimum atomic E-state index is -0.508. The van der Waals surface area contributed by atoms with E-state index < -0.39 is 5.60 Å². The molecular weight excluding hydrogens is 338 g/mol. The highest BCUT2D eigenvalue weighted by Gasteiger charge is 2.35. The molecule has 5 heteroatoms. The van der Waals surface area contributed by atoms with Gasteiger partial charge in [-0.1, -0.05) is 25.0 Å². The third-order valence-corrected chi connectivity index (χ3v) is 4.67. The summed E-state index contributed by atoms with van der Waals surface area (Å²) in [6, 6.07) is 7.75. The highest BCUT2D eigenvalue weighted by molar-refractivity contribution is 5.69. The quantitative estimate of drug-likeness (QED) is 0.803. The molecule has 1 amide bonds. The van der Waals surface area contributed by atoms with E-state index in [1.165, 1.54) is 0 Å². The first-order valence-electron chi connectivity index (χ1n) is 9.48. The molecular formula is C22H27N3O2. The second-order valence-electron chi connectivity index (χ2n) is 7.86. The maximum atomic E-state index is 12.6. The van der Waals surface area contributed by atoms with Gasteiger partial charge in [0.05, 0.1) is 11.7 Å². The van der Waals surface area contributed by atoms with Crippen molar-refractivity contribution in [3.8, 4) is 23.6 Å². The van der Waals surface area contributed by atoms with Crippen molar-refractivity contribution < 1.29 is 9.53 Å². The number of likely N-dealkylation sites (tertiary alicyclic amines) is 1. The van der Waals surface area contributed by atoms with E-state index in [2.05, 4.69) is 17.8 Å². The fourth-order valence-corrected chi connectivity index (χ4v) is 3.40. The highest BCUT2D eigenvalue weighted by Crippen LogP contribution is 2.34. The van der Waals surface area contributed by atoms with Crippen molar-refractivity contribution in [3.05, 3.63) is 41.3 Å². The first kappa shape index (κ1) is 19.0. The van der Waals surface area contributed by atoms with Crippen LogP contribution in [0.5, 0.6) is 0 Å². The number of hydrogen-bond donors (Lipinski definition) is 1. The number of ether oxygens (including phenoxy) is 1. The zero-order valence-corrected chi connectivity index (χ0v) is 16.5. The molecule has 2 aromatic rings. The number of aromatic nitrogens is 2. The summed E-state index contributed by atoms with van der Waals surface area (Å²) in [5.41, 5.74) is 3.35. The van der Waals surface area contributed by atoms with Gasteiger partial charge in [0.15, 0.2) is 0 Å². The standard InChI is InChI=1S/C22H27N3O2/c1-6-15-10-12-16(13-11-15)19-17(7-2)23-20(24-19)18-9-8-14-25(18)21(26)27-22(3,4)5/h1,10-13,18H,7-9,14H2,2-5H3,(H,23,24)/t18-/m0/s1. The molecule has 0 saturated carbocycles. The van der Waals surface area contributed by atoms with Gasteiger partial charge in [-0.25, -0.2) is 9.78 Å². The molecule has 1 fully saturated rings. The second-order valence-corrected chi connectivity index (χ2v) is 7.86. The van der Waals surface area contributed by atoms with E-state index in [1.54, 1.807) is 4.90 Å². The Morgan fingerprint density at radius 1 is 1.37 bits per heavy atom. The summed E-state index contributed by atoms with van der Waals surface area (Å²) in [6.45, 7) is 8.44. The Morgan fingerprint density at radius 2 is 2.07 bits per heavy atom. The van der Waals surface area contributed by atoms with Crippen molar-refractivity contribution in [2.24, 2.45) is 0 Å². The van der Waals surface area contributed by atoms with Crippen LogP contribution in [0.25, 0.3) is 11.3 Å². The van der Waals surface area contributed by atoms with Crippen LogP contribution in [-0.4, -0.2) is 33.1 Å². The fourth-order valence-electron chi connectivity index (χ4n) is 3.40. The predicted molar refractivity (Wildman–Crippen MR) is 106 cm³/mol. The maximum Gasteiger partial charge on any atom is 0.410 e. The van der Waals surface area contributed by atoms with E-state index >= 15 is 0 Å². The van der Waals surface area contributed by atoms with Crippen molar-refractivity contribution >= 4 is 6.09 Å². The van der Waals surface area contributed by atoms with E-state index in [1.807, 2.05) is 45.0 Å². The van der Waals surface area contributed by atoms with Crippen molar-refractivity contribution in [1.82, 2.24) is 14.9 Å². The number of H-pyrrole nitrogens is 1. The topological polar surface area (TPSA) is 58.2 Å². The molecule has 1 saturated heterocycles. The van der Waals surface area contributed by atoms with E-state index in [4.69, 9.17) is 16.1 Å². The van der Waals surface area contributed by atoms with Gasteiger partial charge in [0.2, 0.25) is 0 Å². The number of imidazole rings is 1. The number of nitrogens with one attached hydrogen (secondary N) is 1. The lowest BCUT2D eigenvalue weighted by Gasteiger charge is -2.27. The van der Waals surface area contributed by atoms with Crippen LogP contribution in [-0.2, 0) is 11.2 Å². The Morgan fingerprint density at radius 3 is 2.67 bits per heavy atom. The molecule has 0 spiro atoms. The number of amides is 1. The van der Waals surface area contributed by atoms with Crippen LogP contribution in [0.3, 0.4) is 0 Å². The molecule has 0 aliphatic carbocycles. The van der Waals surface area contributed by atoms with Crippen LogP contribution in [0.15, 0.2) is 24.3 Å². The van der Waals surface area contributed by atoms with Gasteiger partial charge in [0.25, 0.3) is 0 Å². The lowest BCUT2D eigenvalue weighted by atomic mass is 10.1. The van der Waals surface area contributed by atoms with E-state index in [9.17, 15) is 4.79 Å². The smallest absolute Gasteiger partial charge is 0.410 e. The molecule has 1 aromatic carbocycles. The van der Waals surface area contributed by atoms with E-state index in [0.717, 1.165) is 47.6 Å². The van der Waals surface area contributed by atoms with Crippen molar-refractivity contribution in [1.29, 1.82) is 0 Å². The van der Waals surface area contributed by atoms with Crippen LogP contribution in [0.4, 0.5) is 4.79 Å². The van der Waals surface area contributed by atoms with Gasteiger partial charge in [0, 0.05) is 23.4 Å². The fraction of sp³-hybridized carbons (Fsp3) is 0.455. The summed E-state index contributed by atoms with van der Waals surface area (Å²) in [7, 11) is 0. The molecule has 1 aliphatic rings. The Balaban J connectivity index is 1.89. The van der Waals surface area contributed by atoms with Gasteiger partial charge in [-0.15, -0.1) is 6.42 Å². The summed E-state index contributed by atoms with van der Waals surface area (Å²) in [5, 5.41) is 0. The monoisotopic (exact) mass is 365 g/mol. The molecule has 2 heterocycles. The van der Waals surface area contributed by atoms with Gasteiger partial charge in [-0.3, -0.25) is 4.90 Å². The number of carbonyl (C=O) groups is 1. The first-order valence-corrected chi connectivity index (χ1v) is 9.48. The van der Waals surface area contributed by atoms with Gasteiger partial charge in [-0.2, -0.15) is 0 Å². The zero-order chi connectivity index (χ0) is 19.6. The minimum Gasteiger partial charge on any atom is -0.444 e. The van der Waals surface area contributed by atoms with Gasteiger partial charge >= 0.3 is 6.09 Å². The van der Waals surface area contributed by atoms with Crippen LogP contribution in [0.1, 0.15) is 63.7 Å². The molecule has 0 radical (unpaired) electrons. The van der Waals surface area contributed by atoms with E-state index in [-0.39, 0.29) is 12.1 Å². The third-order valence-electron chi connectivity index (χ3n) is 4.67. The Hall–Kier alpha value is -2.74. The third kappa shape index (κ3) is 4.16. The molecule has 1 aliphatic heterocycles. The molecule has 1 atom stereocenters. The predicted octanol–water partition coefficient (Wildman–Crippen LogP) is 4.69. The first-order chi connectivity index (χ1) is 12.8. The summed E-state index contributed by atoms with van der Waals surface area (Å²) < 4.78 is 5.57. The average molecular weight is 365 g/mol. The van der Waals surface area contributed by atoms with Gasteiger partial charge in [-0.05, 0) is 52.2 Å². The summed E-state index contributed by atoms with van der Waals surface area (Å²) in [4.78, 5) is 22.7. The minimum absolute atomic E-state index is 0.0797. The van der Waals surface area contributed by atoms with Gasteiger partial charge in [0.1, 0.15) is 11.4 Å². The number of carbonyl (C=O) groups excluding carboxylic acids is 1. The normalized spacial score (nSPS) is 17.0. The lowest BCUT2D eigenvalue weighted by molar-refractivity contribution is 0.0218. The van der Waals surface area contributed by atoms with Crippen molar-refractivity contribution in [2.75, 3.05) is 6.54 Å². The second kappa shape index (κ2) is 7.48. The number of aromatic amines is 1. The lowest BCUT2D eigenvalue weighted by Crippen LogP contribution is -2.36. The summed E-state index contributed by atoms with van der Waals surface area (Å²) in [5.74, 6) is 3.46. The molecule has 27 heavy (non-hydrogen) atoms. The van der Waals surface area contributed by atoms with Crippen molar-refractivity contribution in [2.45, 2.75) is 58.6 Å². The molecule has 5 nitrogen and oxygen atoms in total. The zero-order valence-electron chi connectivity index (χ0n) is 16.5. The maximum absolute atomic E-state index is 12.6. The Labute approximate surface area is 161 Å². The van der Waals surface area contributed by atoms with Crippen LogP contribution >= 0.6 is 0 Å². The summed E-state index contributed by atoms with van der Waals surface area (Å²) in [6.07, 6.45) is 7.82. The van der Waals surface area contributed by atoms with Crippen LogP contribution in [0.2, 0.25) is 0 Å². The highest BCUT2D eigenvalue weighted by atomic mass is 16.6. The number of aryl methyl sites for hydroxylation is 1. The van der Waals surface area contributed by atoms with Crippen molar-refractivity contribution in [3.63, 3.8) is 0 Å². The largest absolute Gasteiger partial charge is 0.444 e. The van der Waals surface area contributed by atoms with E-state index in [0.29, 0.717) is 6.54 Å². The number of rotatable bonds is 3. The number of hydrogen-bond acceptors (Lipinski definition) is 3. The van der Waals surface area contributed by atoms with Crippen LogP contribution < -0.4 is 0 Å². The van der Waals surface area contributed by atoms with Crippen LogP contribution in [0, 0.1) is 12.3 Å². The molecule has 1 N–H and O–H groups in total. The number of nitrogens with zero attached hydrogens (tertiary/aromatic N) is 2. The summed E-state index contributed by atoms with van der Waals surface area (Å²) >= 11 is 0. The number of benzene rings is 1. The Kier molecular flexibility index (Phi) is 5.27. The SMILES string of the molecule is C#Cc1ccc(-c2nc([C@@H]3CCCN3C(=O)OC(C)(C)C)[nH]c2CC)cc1. The molecule has 3 rings (SSSR count). The molecule has 0 bridgehead atoms. The molecule has 142 valence electrons.